The molecule has 0 spiro atoms. The molecular formula is C12H16BrN3OS. The first-order valence-corrected chi connectivity index (χ1v) is 6.75. The van der Waals surface area contributed by atoms with E-state index in [9.17, 15) is 4.79 Å². The van der Waals surface area contributed by atoms with Crippen LogP contribution in [0.2, 0.25) is 0 Å². The average molecular weight is 330 g/mol. The second-order valence-corrected chi connectivity index (χ2v) is 5.82. The Bertz CT molecular complexity index is 476. The molecule has 1 rings (SSSR count). The zero-order valence-electron chi connectivity index (χ0n) is 10.5. The van der Waals surface area contributed by atoms with Crippen LogP contribution in [0.25, 0.3) is 0 Å². The molecule has 0 aromatic carbocycles. The number of amides is 1. The number of aromatic nitrogens is 1. The van der Waals surface area contributed by atoms with Gasteiger partial charge in [0.15, 0.2) is 0 Å². The van der Waals surface area contributed by atoms with Gasteiger partial charge >= 0.3 is 0 Å². The lowest BCUT2D eigenvalue weighted by Crippen LogP contribution is -2.37. The molecule has 0 fully saturated rings. The molecule has 6 heteroatoms. The van der Waals surface area contributed by atoms with Gasteiger partial charge in [-0.25, -0.2) is 4.98 Å². The summed E-state index contributed by atoms with van der Waals surface area (Å²) in [4.78, 5) is 16.5. The summed E-state index contributed by atoms with van der Waals surface area (Å²) < 4.78 is 0.868. The summed E-state index contributed by atoms with van der Waals surface area (Å²) in [5.41, 5.74) is 6.48. The molecular weight excluding hydrogens is 314 g/mol. The van der Waals surface area contributed by atoms with Crippen molar-refractivity contribution in [3.8, 4) is 0 Å². The van der Waals surface area contributed by atoms with Crippen molar-refractivity contribution in [1.82, 2.24) is 4.98 Å². The molecule has 0 aliphatic rings. The molecule has 18 heavy (non-hydrogen) atoms. The number of nitrogens with zero attached hydrogens (tertiary/aromatic N) is 1. The van der Waals surface area contributed by atoms with E-state index >= 15 is 0 Å². The SMILES string of the molecule is Cc1cc(Br)cnc1NC(=O)C(C(N)=S)C(C)C. The quantitative estimate of drug-likeness (QED) is 0.833. The van der Waals surface area contributed by atoms with E-state index in [-0.39, 0.29) is 16.8 Å². The number of nitrogens with one attached hydrogen (secondary N) is 1. The minimum atomic E-state index is -0.482. The van der Waals surface area contributed by atoms with Crippen LogP contribution in [0.3, 0.4) is 0 Å². The van der Waals surface area contributed by atoms with Gasteiger partial charge in [-0.1, -0.05) is 26.1 Å². The maximum atomic E-state index is 12.1. The summed E-state index contributed by atoms with van der Waals surface area (Å²) in [6, 6.07) is 1.88. The van der Waals surface area contributed by atoms with E-state index in [1.807, 2.05) is 26.8 Å². The topological polar surface area (TPSA) is 68.0 Å². The minimum Gasteiger partial charge on any atom is -0.393 e. The van der Waals surface area contributed by atoms with E-state index in [0.29, 0.717) is 5.82 Å². The zero-order valence-corrected chi connectivity index (χ0v) is 12.9. The predicted molar refractivity (Wildman–Crippen MR) is 80.4 cm³/mol. The third kappa shape index (κ3) is 3.74. The number of pyridine rings is 1. The van der Waals surface area contributed by atoms with Crippen molar-refractivity contribution >= 4 is 44.9 Å². The molecule has 1 heterocycles. The van der Waals surface area contributed by atoms with Crippen LogP contribution in [-0.4, -0.2) is 15.9 Å². The number of anilines is 1. The number of hydrogen-bond acceptors (Lipinski definition) is 3. The summed E-state index contributed by atoms with van der Waals surface area (Å²) in [6.45, 7) is 5.69. The highest BCUT2D eigenvalue weighted by Crippen LogP contribution is 2.19. The fourth-order valence-electron chi connectivity index (χ4n) is 1.63. The van der Waals surface area contributed by atoms with Gasteiger partial charge in [-0.3, -0.25) is 4.79 Å². The van der Waals surface area contributed by atoms with Gasteiger partial charge in [-0.15, -0.1) is 0 Å². The van der Waals surface area contributed by atoms with Gasteiger partial charge in [0.1, 0.15) is 5.82 Å². The lowest BCUT2D eigenvalue weighted by atomic mass is 9.95. The molecule has 1 aromatic heterocycles. The molecule has 0 bridgehead atoms. The van der Waals surface area contributed by atoms with Crippen LogP contribution < -0.4 is 11.1 Å². The normalized spacial score (nSPS) is 12.3. The van der Waals surface area contributed by atoms with E-state index in [1.165, 1.54) is 0 Å². The van der Waals surface area contributed by atoms with E-state index in [4.69, 9.17) is 18.0 Å². The van der Waals surface area contributed by atoms with Crippen molar-refractivity contribution in [2.45, 2.75) is 20.8 Å². The van der Waals surface area contributed by atoms with Crippen LogP contribution in [-0.2, 0) is 4.79 Å². The second kappa shape index (κ2) is 6.24. The maximum absolute atomic E-state index is 12.1. The van der Waals surface area contributed by atoms with Gasteiger partial charge in [-0.05, 0) is 40.4 Å². The monoisotopic (exact) mass is 329 g/mol. The summed E-state index contributed by atoms with van der Waals surface area (Å²) >= 11 is 8.25. The van der Waals surface area contributed by atoms with Crippen molar-refractivity contribution < 1.29 is 4.79 Å². The Hall–Kier alpha value is -1.01. The van der Waals surface area contributed by atoms with Gasteiger partial charge in [0, 0.05) is 10.7 Å². The highest BCUT2D eigenvalue weighted by molar-refractivity contribution is 9.10. The summed E-state index contributed by atoms with van der Waals surface area (Å²) in [5, 5.41) is 2.76. The molecule has 1 aromatic rings. The molecule has 0 aliphatic carbocycles. The highest BCUT2D eigenvalue weighted by atomic mass is 79.9. The Kier molecular flexibility index (Phi) is 5.22. The Morgan fingerprint density at radius 1 is 1.56 bits per heavy atom. The van der Waals surface area contributed by atoms with Crippen LogP contribution in [0.4, 0.5) is 5.82 Å². The number of hydrogen-bond donors (Lipinski definition) is 2. The predicted octanol–water partition coefficient (Wildman–Crippen LogP) is 2.65. The van der Waals surface area contributed by atoms with E-state index in [2.05, 4.69) is 26.2 Å². The number of carbonyl (C=O) groups excluding carboxylic acids is 1. The molecule has 0 saturated carbocycles. The summed E-state index contributed by atoms with van der Waals surface area (Å²) in [6.07, 6.45) is 1.63. The van der Waals surface area contributed by atoms with Crippen molar-refractivity contribution in [2.75, 3.05) is 5.32 Å². The smallest absolute Gasteiger partial charge is 0.235 e. The molecule has 4 nitrogen and oxygen atoms in total. The minimum absolute atomic E-state index is 0.0539. The van der Waals surface area contributed by atoms with Gasteiger partial charge < -0.3 is 11.1 Å². The summed E-state index contributed by atoms with van der Waals surface area (Å²) in [5.74, 6) is -0.108. The van der Waals surface area contributed by atoms with E-state index in [1.54, 1.807) is 6.20 Å². The first kappa shape index (κ1) is 15.0. The summed E-state index contributed by atoms with van der Waals surface area (Å²) in [7, 11) is 0. The van der Waals surface area contributed by atoms with E-state index in [0.717, 1.165) is 10.0 Å². The van der Waals surface area contributed by atoms with Crippen LogP contribution in [0.5, 0.6) is 0 Å². The molecule has 0 saturated heterocycles. The third-order valence-corrected chi connectivity index (χ3v) is 3.23. The van der Waals surface area contributed by atoms with Gasteiger partial charge in [-0.2, -0.15) is 0 Å². The lowest BCUT2D eigenvalue weighted by Gasteiger charge is -2.19. The molecule has 98 valence electrons. The van der Waals surface area contributed by atoms with Gasteiger partial charge in [0.25, 0.3) is 0 Å². The van der Waals surface area contributed by atoms with Gasteiger partial charge in [0.05, 0.1) is 10.9 Å². The molecule has 1 unspecified atom stereocenters. The van der Waals surface area contributed by atoms with Crippen molar-refractivity contribution in [1.29, 1.82) is 0 Å². The standard InChI is InChI=1S/C12H16BrN3OS/c1-6(2)9(10(14)18)12(17)16-11-7(3)4-8(13)5-15-11/h4-6,9H,1-3H3,(H2,14,18)(H,15,16,17). The molecule has 0 radical (unpaired) electrons. The number of halogens is 1. The number of rotatable bonds is 4. The lowest BCUT2D eigenvalue weighted by molar-refractivity contribution is -0.118. The fourth-order valence-corrected chi connectivity index (χ4v) is 2.45. The van der Waals surface area contributed by atoms with E-state index < -0.39 is 5.92 Å². The number of carbonyl (C=O) groups is 1. The fraction of sp³-hybridized carbons (Fsp3) is 0.417. The Balaban J connectivity index is 2.89. The number of thiocarbonyl (C=S) groups is 1. The van der Waals surface area contributed by atoms with Crippen LogP contribution in [0.1, 0.15) is 19.4 Å². The molecule has 0 aliphatic heterocycles. The molecule has 3 N–H and O–H groups in total. The molecule has 1 atom stereocenters. The Morgan fingerprint density at radius 2 is 2.17 bits per heavy atom. The van der Waals surface area contributed by atoms with Crippen LogP contribution >= 0.6 is 28.1 Å². The van der Waals surface area contributed by atoms with Crippen molar-refractivity contribution in [3.05, 3.63) is 22.3 Å². The van der Waals surface area contributed by atoms with Crippen molar-refractivity contribution in [2.24, 2.45) is 17.6 Å². The third-order valence-electron chi connectivity index (χ3n) is 2.54. The second-order valence-electron chi connectivity index (χ2n) is 4.43. The largest absolute Gasteiger partial charge is 0.393 e. The maximum Gasteiger partial charge on any atom is 0.235 e. The number of nitrogens with two attached hydrogens (primary N) is 1. The first-order valence-electron chi connectivity index (χ1n) is 5.55. The first-order chi connectivity index (χ1) is 8.32. The molecule has 1 amide bonds. The van der Waals surface area contributed by atoms with Crippen molar-refractivity contribution in [3.63, 3.8) is 0 Å². The zero-order chi connectivity index (χ0) is 13.9. The van der Waals surface area contributed by atoms with Crippen LogP contribution in [0.15, 0.2) is 16.7 Å². The highest BCUT2D eigenvalue weighted by Gasteiger charge is 2.25. The Labute approximate surface area is 120 Å². The number of aryl methyl sites for hydroxylation is 1. The Morgan fingerprint density at radius 3 is 2.61 bits per heavy atom. The van der Waals surface area contributed by atoms with Gasteiger partial charge in [0.2, 0.25) is 5.91 Å². The average Bonchev–Trinajstić information content (AvgIpc) is 2.21. The van der Waals surface area contributed by atoms with Crippen LogP contribution in [0, 0.1) is 18.8 Å².